The SMILES string of the molecule is Cc1ccc(C(=O)CCC(=O)Nc2cccc3c2CCN(S(C)(=O)=O)C3)cc1C. The van der Waals surface area contributed by atoms with E-state index in [4.69, 9.17) is 0 Å². The Hall–Kier alpha value is -2.51. The van der Waals surface area contributed by atoms with E-state index in [1.54, 1.807) is 12.1 Å². The summed E-state index contributed by atoms with van der Waals surface area (Å²) in [6.45, 7) is 4.65. The fraction of sp³-hybridized carbons (Fsp3) is 0.364. The van der Waals surface area contributed by atoms with Crippen molar-refractivity contribution in [1.29, 1.82) is 0 Å². The van der Waals surface area contributed by atoms with Crippen LogP contribution in [0.15, 0.2) is 36.4 Å². The maximum atomic E-state index is 12.4. The van der Waals surface area contributed by atoms with Crippen LogP contribution in [-0.2, 0) is 27.8 Å². The van der Waals surface area contributed by atoms with Crippen molar-refractivity contribution in [2.24, 2.45) is 0 Å². The molecular formula is C22H26N2O4S. The van der Waals surface area contributed by atoms with Gasteiger partial charge in [-0.2, -0.15) is 4.31 Å². The number of sulfonamides is 1. The Kier molecular flexibility index (Phi) is 6.19. The molecule has 0 radical (unpaired) electrons. The van der Waals surface area contributed by atoms with Gasteiger partial charge in [0.1, 0.15) is 0 Å². The highest BCUT2D eigenvalue weighted by Gasteiger charge is 2.25. The summed E-state index contributed by atoms with van der Waals surface area (Å²) in [5, 5.41) is 2.89. The molecule has 1 heterocycles. The average molecular weight is 415 g/mol. The first-order valence-electron chi connectivity index (χ1n) is 9.61. The number of aryl methyl sites for hydroxylation is 2. The van der Waals surface area contributed by atoms with Crippen LogP contribution in [0.1, 0.15) is 45.5 Å². The van der Waals surface area contributed by atoms with Crippen molar-refractivity contribution < 1.29 is 18.0 Å². The molecule has 1 N–H and O–H groups in total. The van der Waals surface area contributed by atoms with Crippen molar-refractivity contribution in [2.75, 3.05) is 18.1 Å². The maximum Gasteiger partial charge on any atom is 0.224 e. The van der Waals surface area contributed by atoms with E-state index >= 15 is 0 Å². The number of carbonyl (C=O) groups is 2. The number of hydrogen-bond acceptors (Lipinski definition) is 4. The second-order valence-electron chi connectivity index (χ2n) is 7.56. The molecular weight excluding hydrogens is 388 g/mol. The van der Waals surface area contributed by atoms with Crippen molar-refractivity contribution in [3.05, 3.63) is 64.2 Å². The Morgan fingerprint density at radius 1 is 1.07 bits per heavy atom. The van der Waals surface area contributed by atoms with Crippen LogP contribution in [0.5, 0.6) is 0 Å². The summed E-state index contributed by atoms with van der Waals surface area (Å²) in [6, 6.07) is 11.1. The quantitative estimate of drug-likeness (QED) is 0.736. The summed E-state index contributed by atoms with van der Waals surface area (Å²) in [5.41, 5.74) is 5.35. The summed E-state index contributed by atoms with van der Waals surface area (Å²) in [5.74, 6) is -0.275. The summed E-state index contributed by atoms with van der Waals surface area (Å²) in [6.07, 6.45) is 1.99. The molecule has 29 heavy (non-hydrogen) atoms. The highest BCUT2D eigenvalue weighted by atomic mass is 32.2. The number of carbonyl (C=O) groups excluding carboxylic acids is 2. The van der Waals surface area contributed by atoms with E-state index in [2.05, 4.69) is 5.32 Å². The lowest BCUT2D eigenvalue weighted by atomic mass is 9.98. The predicted molar refractivity (Wildman–Crippen MR) is 114 cm³/mol. The van der Waals surface area contributed by atoms with E-state index in [9.17, 15) is 18.0 Å². The third-order valence-corrected chi connectivity index (χ3v) is 6.63. The molecule has 1 amide bonds. The number of fused-ring (bicyclic) bond motifs is 1. The van der Waals surface area contributed by atoms with Crippen LogP contribution < -0.4 is 5.32 Å². The number of benzene rings is 2. The molecule has 0 fully saturated rings. The van der Waals surface area contributed by atoms with E-state index in [1.807, 2.05) is 38.1 Å². The molecule has 1 aliphatic heterocycles. The molecule has 1 aliphatic rings. The monoisotopic (exact) mass is 414 g/mol. The summed E-state index contributed by atoms with van der Waals surface area (Å²) >= 11 is 0. The molecule has 2 aromatic rings. The van der Waals surface area contributed by atoms with Gasteiger partial charge in [0.05, 0.1) is 6.26 Å². The fourth-order valence-corrected chi connectivity index (χ4v) is 4.28. The van der Waals surface area contributed by atoms with Crippen LogP contribution in [0, 0.1) is 13.8 Å². The molecule has 3 rings (SSSR count). The van der Waals surface area contributed by atoms with E-state index < -0.39 is 10.0 Å². The standard InChI is InChI=1S/C22H26N2O4S/c1-15-7-8-17(13-16(15)2)21(25)9-10-22(26)23-20-6-4-5-18-14-24(29(3,27)28)12-11-19(18)20/h4-8,13H,9-12,14H2,1-3H3,(H,23,26). The number of rotatable bonds is 6. The number of amides is 1. The van der Waals surface area contributed by atoms with Gasteiger partial charge in [0.2, 0.25) is 15.9 Å². The minimum atomic E-state index is -3.25. The Balaban J connectivity index is 1.63. The van der Waals surface area contributed by atoms with Crippen molar-refractivity contribution in [3.63, 3.8) is 0 Å². The topological polar surface area (TPSA) is 83.6 Å². The third kappa shape index (κ3) is 5.10. The molecule has 2 aromatic carbocycles. The van der Waals surface area contributed by atoms with E-state index in [0.717, 1.165) is 22.3 Å². The van der Waals surface area contributed by atoms with Gasteiger partial charge in [-0.25, -0.2) is 8.42 Å². The zero-order valence-corrected chi connectivity index (χ0v) is 17.8. The lowest BCUT2D eigenvalue weighted by Crippen LogP contribution is -2.35. The molecule has 154 valence electrons. The zero-order chi connectivity index (χ0) is 21.2. The highest BCUT2D eigenvalue weighted by molar-refractivity contribution is 7.88. The average Bonchev–Trinajstić information content (AvgIpc) is 2.67. The largest absolute Gasteiger partial charge is 0.326 e. The normalized spacial score (nSPS) is 14.3. The van der Waals surface area contributed by atoms with Gasteiger partial charge in [-0.3, -0.25) is 9.59 Å². The van der Waals surface area contributed by atoms with Gasteiger partial charge in [-0.1, -0.05) is 24.3 Å². The van der Waals surface area contributed by atoms with Crippen LogP contribution in [0.4, 0.5) is 5.69 Å². The summed E-state index contributed by atoms with van der Waals surface area (Å²) in [4.78, 5) is 24.8. The lowest BCUT2D eigenvalue weighted by molar-refractivity contribution is -0.116. The van der Waals surface area contributed by atoms with Crippen LogP contribution in [0.2, 0.25) is 0 Å². The van der Waals surface area contributed by atoms with E-state index in [-0.39, 0.29) is 24.5 Å². The first-order valence-corrected chi connectivity index (χ1v) is 11.5. The van der Waals surface area contributed by atoms with Gasteiger partial charge < -0.3 is 5.32 Å². The summed E-state index contributed by atoms with van der Waals surface area (Å²) in [7, 11) is -3.25. The molecule has 7 heteroatoms. The highest BCUT2D eigenvalue weighted by Crippen LogP contribution is 2.27. The minimum Gasteiger partial charge on any atom is -0.326 e. The molecule has 0 spiro atoms. The number of Topliss-reactive ketones (excluding diaryl/α,β-unsaturated/α-hetero) is 1. The van der Waals surface area contributed by atoms with Gasteiger partial charge in [0.25, 0.3) is 0 Å². The van der Waals surface area contributed by atoms with Crippen molar-refractivity contribution in [2.45, 2.75) is 39.7 Å². The lowest BCUT2D eigenvalue weighted by Gasteiger charge is -2.28. The number of anilines is 1. The molecule has 0 aromatic heterocycles. The molecule has 0 saturated heterocycles. The maximum absolute atomic E-state index is 12.4. The van der Waals surface area contributed by atoms with Gasteiger partial charge >= 0.3 is 0 Å². The fourth-order valence-electron chi connectivity index (χ4n) is 3.48. The molecule has 0 unspecified atom stereocenters. The van der Waals surface area contributed by atoms with Crippen molar-refractivity contribution in [3.8, 4) is 0 Å². The molecule has 0 atom stereocenters. The van der Waals surface area contributed by atoms with E-state index in [0.29, 0.717) is 30.8 Å². The van der Waals surface area contributed by atoms with E-state index in [1.165, 1.54) is 10.6 Å². The molecule has 6 nitrogen and oxygen atoms in total. The Bertz CT molecular complexity index is 1060. The van der Waals surface area contributed by atoms with Crippen LogP contribution in [0.3, 0.4) is 0 Å². The first-order chi connectivity index (χ1) is 13.6. The molecule has 0 saturated carbocycles. The first kappa shape index (κ1) is 21.2. The number of nitrogens with one attached hydrogen (secondary N) is 1. The smallest absolute Gasteiger partial charge is 0.224 e. The van der Waals surface area contributed by atoms with Crippen LogP contribution in [0.25, 0.3) is 0 Å². The van der Waals surface area contributed by atoms with Gasteiger partial charge in [0, 0.05) is 37.2 Å². The second kappa shape index (κ2) is 8.47. The molecule has 0 bridgehead atoms. The third-order valence-electron chi connectivity index (χ3n) is 5.38. The number of ketones is 1. The minimum absolute atomic E-state index is 0.0536. The Morgan fingerprint density at radius 2 is 1.83 bits per heavy atom. The summed E-state index contributed by atoms with van der Waals surface area (Å²) < 4.78 is 25.0. The predicted octanol–water partition coefficient (Wildman–Crippen LogP) is 3.22. The van der Waals surface area contributed by atoms with Crippen molar-refractivity contribution >= 4 is 27.4 Å². The van der Waals surface area contributed by atoms with Gasteiger partial charge in [0.15, 0.2) is 5.78 Å². The van der Waals surface area contributed by atoms with Crippen LogP contribution >= 0.6 is 0 Å². The number of hydrogen-bond donors (Lipinski definition) is 1. The molecule has 0 aliphatic carbocycles. The Morgan fingerprint density at radius 3 is 2.52 bits per heavy atom. The van der Waals surface area contributed by atoms with Crippen molar-refractivity contribution in [1.82, 2.24) is 4.31 Å². The van der Waals surface area contributed by atoms with Gasteiger partial charge in [-0.05, 0) is 54.7 Å². The number of nitrogens with zero attached hydrogens (tertiary/aromatic N) is 1. The second-order valence-corrected chi connectivity index (χ2v) is 9.54. The Labute approximate surface area is 172 Å². The van der Waals surface area contributed by atoms with Crippen LogP contribution in [-0.4, -0.2) is 37.2 Å². The van der Waals surface area contributed by atoms with Gasteiger partial charge in [-0.15, -0.1) is 0 Å². The zero-order valence-electron chi connectivity index (χ0n) is 17.0.